The maximum atomic E-state index is 6.57. The van der Waals surface area contributed by atoms with Crippen LogP contribution in [0.5, 0.6) is 0 Å². The van der Waals surface area contributed by atoms with Gasteiger partial charge in [-0.2, -0.15) is 5.10 Å². The van der Waals surface area contributed by atoms with Gasteiger partial charge in [0.1, 0.15) is 6.33 Å². The van der Waals surface area contributed by atoms with Gasteiger partial charge in [0.2, 0.25) is 0 Å². The Morgan fingerprint density at radius 1 is 1.22 bits per heavy atom. The van der Waals surface area contributed by atoms with Gasteiger partial charge in [-0.15, -0.1) is 10.2 Å². The zero-order chi connectivity index (χ0) is 25.1. The standard InChI is InChI=1S/C26H29ClN8O/c1-4-35-10-7-23-20(15-30-35)24-21(14-29-23)25(34-11-9-28-17-34)31-32-26(24)33(2)16-18-5-6-19(8-12-36-3)22(27)13-18/h5-6,9,11,13-15,17H,4,7-8,10,12,16H2,1-3H3. The summed E-state index contributed by atoms with van der Waals surface area (Å²) >= 11 is 6.57. The van der Waals surface area contributed by atoms with Gasteiger partial charge in [-0.1, -0.05) is 23.7 Å². The van der Waals surface area contributed by atoms with Gasteiger partial charge in [0.05, 0.1) is 18.5 Å². The first-order valence-electron chi connectivity index (χ1n) is 12.0. The summed E-state index contributed by atoms with van der Waals surface area (Å²) in [5.41, 5.74) is 4.15. The Morgan fingerprint density at radius 3 is 2.86 bits per heavy atom. The number of rotatable bonds is 8. The molecule has 36 heavy (non-hydrogen) atoms. The summed E-state index contributed by atoms with van der Waals surface area (Å²) < 4.78 is 7.05. The summed E-state index contributed by atoms with van der Waals surface area (Å²) in [4.78, 5) is 11.1. The summed E-state index contributed by atoms with van der Waals surface area (Å²) in [6, 6.07) is 6.19. The molecule has 0 aliphatic carbocycles. The lowest BCUT2D eigenvalue weighted by Crippen LogP contribution is -2.20. The third-order valence-electron chi connectivity index (χ3n) is 6.45. The molecule has 0 N–H and O–H groups in total. The van der Waals surface area contributed by atoms with Crippen LogP contribution in [0, 0.1) is 0 Å². The van der Waals surface area contributed by atoms with Gasteiger partial charge in [-0.25, -0.2) is 4.98 Å². The minimum atomic E-state index is 0.619. The first-order chi connectivity index (χ1) is 17.6. The number of hydrogen-bond acceptors (Lipinski definition) is 8. The van der Waals surface area contributed by atoms with E-state index in [0.29, 0.717) is 19.0 Å². The monoisotopic (exact) mass is 504 g/mol. The Kier molecular flexibility index (Phi) is 7.11. The molecule has 5 rings (SSSR count). The topological polar surface area (TPSA) is 84.6 Å². The van der Waals surface area contributed by atoms with E-state index in [0.717, 1.165) is 69.9 Å². The van der Waals surface area contributed by atoms with Gasteiger partial charge in [-0.05, 0) is 30.5 Å². The summed E-state index contributed by atoms with van der Waals surface area (Å²) in [6.45, 7) is 5.03. The van der Waals surface area contributed by atoms with Crippen molar-refractivity contribution in [3.8, 4) is 5.82 Å². The first kappa shape index (κ1) is 24.1. The number of methoxy groups -OCH3 is 1. The van der Waals surface area contributed by atoms with Crippen LogP contribution < -0.4 is 4.90 Å². The first-order valence-corrected chi connectivity index (χ1v) is 12.4. The highest BCUT2D eigenvalue weighted by Gasteiger charge is 2.22. The van der Waals surface area contributed by atoms with E-state index in [2.05, 4.69) is 39.0 Å². The number of fused-ring (bicyclic) bond motifs is 3. The highest BCUT2D eigenvalue weighted by Crippen LogP contribution is 2.32. The number of aromatic nitrogens is 5. The van der Waals surface area contributed by atoms with Crippen LogP contribution in [0.2, 0.25) is 5.02 Å². The normalized spacial score (nSPS) is 13.2. The molecule has 0 atom stereocenters. The fraction of sp³-hybridized carbons (Fsp3) is 0.346. The molecule has 0 saturated heterocycles. The van der Waals surface area contributed by atoms with Crippen molar-refractivity contribution in [2.75, 3.05) is 38.8 Å². The molecule has 0 fully saturated rings. The van der Waals surface area contributed by atoms with E-state index in [1.165, 1.54) is 0 Å². The molecule has 0 amide bonds. The number of imidazole rings is 1. The Hall–Kier alpha value is -3.56. The average Bonchev–Trinajstić information content (AvgIpc) is 3.34. The Bertz CT molecular complexity index is 1390. The average molecular weight is 505 g/mol. The zero-order valence-corrected chi connectivity index (χ0v) is 21.5. The lowest BCUT2D eigenvalue weighted by atomic mass is 10.0. The fourth-order valence-electron chi connectivity index (χ4n) is 4.48. The largest absolute Gasteiger partial charge is 0.384 e. The van der Waals surface area contributed by atoms with Crippen molar-refractivity contribution in [1.29, 1.82) is 0 Å². The SMILES string of the molecule is CCN1CCc2ncc3c(-n4ccnc4)nnc(N(C)Cc4ccc(CCOC)c(Cl)c4)c3c2C=N1. The number of anilines is 1. The fourth-order valence-corrected chi connectivity index (χ4v) is 4.78. The number of ether oxygens (including phenoxy) is 1. The van der Waals surface area contributed by atoms with Crippen molar-refractivity contribution in [2.45, 2.75) is 26.3 Å². The summed E-state index contributed by atoms with van der Waals surface area (Å²) in [7, 11) is 3.72. The Morgan fingerprint density at radius 2 is 2.11 bits per heavy atom. The van der Waals surface area contributed by atoms with Crippen LogP contribution in [0.1, 0.15) is 29.3 Å². The second-order valence-corrected chi connectivity index (χ2v) is 9.20. The van der Waals surface area contributed by atoms with Gasteiger partial charge in [-0.3, -0.25) is 14.6 Å². The lowest BCUT2D eigenvalue weighted by molar-refractivity contribution is 0.202. The van der Waals surface area contributed by atoms with Gasteiger partial charge in [0.15, 0.2) is 11.6 Å². The Labute approximate surface area is 215 Å². The Balaban J connectivity index is 1.59. The van der Waals surface area contributed by atoms with Crippen LogP contribution in [0.4, 0.5) is 5.82 Å². The van der Waals surface area contributed by atoms with E-state index < -0.39 is 0 Å². The third kappa shape index (κ3) is 4.76. The number of hydrazone groups is 1. The molecule has 0 saturated carbocycles. The van der Waals surface area contributed by atoms with E-state index >= 15 is 0 Å². The summed E-state index contributed by atoms with van der Waals surface area (Å²) in [6.07, 6.45) is 10.7. The minimum Gasteiger partial charge on any atom is -0.384 e. The molecule has 1 aromatic carbocycles. The maximum Gasteiger partial charge on any atom is 0.170 e. The molecule has 186 valence electrons. The van der Waals surface area contributed by atoms with Crippen LogP contribution in [-0.4, -0.2) is 69.8 Å². The quantitative estimate of drug-likeness (QED) is 0.360. The highest BCUT2D eigenvalue weighted by atomic mass is 35.5. The maximum absolute atomic E-state index is 6.57. The van der Waals surface area contributed by atoms with Gasteiger partial charge in [0, 0.05) is 80.2 Å². The molecular weight excluding hydrogens is 476 g/mol. The number of halogens is 1. The van der Waals surface area contributed by atoms with E-state index in [4.69, 9.17) is 31.5 Å². The molecule has 4 heterocycles. The minimum absolute atomic E-state index is 0.619. The third-order valence-corrected chi connectivity index (χ3v) is 6.80. The van der Waals surface area contributed by atoms with Crippen LogP contribution in [-0.2, 0) is 24.1 Å². The summed E-state index contributed by atoms with van der Waals surface area (Å²) in [5.74, 6) is 1.45. The smallest absolute Gasteiger partial charge is 0.170 e. The van der Waals surface area contributed by atoms with Crippen molar-refractivity contribution in [2.24, 2.45) is 5.10 Å². The molecule has 9 nitrogen and oxygen atoms in total. The number of hydrogen-bond donors (Lipinski definition) is 0. The molecule has 0 spiro atoms. The van der Waals surface area contributed by atoms with Gasteiger partial charge >= 0.3 is 0 Å². The molecule has 1 aliphatic rings. The predicted molar refractivity (Wildman–Crippen MR) is 142 cm³/mol. The van der Waals surface area contributed by atoms with Gasteiger partial charge in [0.25, 0.3) is 0 Å². The lowest BCUT2D eigenvalue weighted by Gasteiger charge is -2.22. The molecule has 0 bridgehead atoms. The molecule has 10 heteroatoms. The van der Waals surface area contributed by atoms with Crippen molar-refractivity contribution in [3.63, 3.8) is 0 Å². The number of nitrogens with zero attached hydrogens (tertiary/aromatic N) is 8. The van der Waals surface area contributed by atoms with Crippen molar-refractivity contribution < 1.29 is 4.74 Å². The van der Waals surface area contributed by atoms with Crippen molar-refractivity contribution in [3.05, 3.63) is 70.5 Å². The number of benzene rings is 1. The van der Waals surface area contributed by atoms with Crippen LogP contribution in [0.25, 0.3) is 16.6 Å². The van der Waals surface area contributed by atoms with E-state index in [1.54, 1.807) is 19.6 Å². The molecular formula is C26H29ClN8O. The second-order valence-electron chi connectivity index (χ2n) is 8.79. The number of likely N-dealkylation sites (N-methyl/N-ethyl adjacent to an activating group) is 1. The van der Waals surface area contributed by atoms with Crippen LogP contribution in [0.15, 0.2) is 48.2 Å². The van der Waals surface area contributed by atoms with Crippen LogP contribution >= 0.6 is 11.6 Å². The van der Waals surface area contributed by atoms with E-state index in [9.17, 15) is 0 Å². The zero-order valence-electron chi connectivity index (χ0n) is 20.7. The molecule has 1 aliphatic heterocycles. The number of pyridine rings is 1. The molecule has 4 aromatic rings. The van der Waals surface area contributed by atoms with Crippen molar-refractivity contribution >= 4 is 34.4 Å². The van der Waals surface area contributed by atoms with E-state index in [1.807, 2.05) is 36.3 Å². The van der Waals surface area contributed by atoms with Gasteiger partial charge < -0.3 is 9.64 Å². The van der Waals surface area contributed by atoms with E-state index in [-0.39, 0.29) is 0 Å². The summed E-state index contributed by atoms with van der Waals surface area (Å²) in [5, 5.41) is 18.6. The molecule has 0 unspecified atom stereocenters. The molecule has 0 radical (unpaired) electrons. The van der Waals surface area contributed by atoms with Crippen molar-refractivity contribution in [1.82, 2.24) is 29.7 Å². The van der Waals surface area contributed by atoms with Crippen LogP contribution in [0.3, 0.4) is 0 Å². The predicted octanol–water partition coefficient (Wildman–Crippen LogP) is 3.90. The highest BCUT2D eigenvalue weighted by molar-refractivity contribution is 6.31. The molecule has 3 aromatic heterocycles. The second kappa shape index (κ2) is 10.6.